The van der Waals surface area contributed by atoms with Gasteiger partial charge in [0.25, 0.3) is 0 Å². The Kier molecular flexibility index (Phi) is 3.83. The molecule has 2 aliphatic rings. The highest BCUT2D eigenvalue weighted by Crippen LogP contribution is 2.54. The lowest BCUT2D eigenvalue weighted by Crippen LogP contribution is -2.43. The summed E-state index contributed by atoms with van der Waals surface area (Å²) in [5.41, 5.74) is -0.340. The highest BCUT2D eigenvalue weighted by molar-refractivity contribution is 5.94. The first kappa shape index (κ1) is 15.5. The van der Waals surface area contributed by atoms with Gasteiger partial charge in [-0.25, -0.2) is 0 Å². The number of carbonyl (C=O) groups excluding carboxylic acids is 1. The van der Waals surface area contributed by atoms with Crippen molar-refractivity contribution in [2.45, 2.75) is 38.3 Å². The quantitative estimate of drug-likeness (QED) is 0.862. The van der Waals surface area contributed by atoms with E-state index in [2.05, 4.69) is 0 Å². The maximum Gasteiger partial charge on any atom is 0.312 e. The summed E-state index contributed by atoms with van der Waals surface area (Å²) in [5.74, 6) is -3.50. The third kappa shape index (κ3) is 2.38. The van der Waals surface area contributed by atoms with E-state index in [1.54, 1.807) is 4.90 Å². The number of hydrogen-bond donors (Lipinski definition) is 2. The molecule has 1 saturated heterocycles. The third-order valence-electron chi connectivity index (χ3n) is 5.21. The minimum atomic E-state index is -1.26. The zero-order valence-corrected chi connectivity index (χ0v) is 12.6. The maximum absolute atomic E-state index is 12.8. The number of benzene rings is 1. The summed E-state index contributed by atoms with van der Waals surface area (Å²) in [5, 5.41) is 18.9. The van der Waals surface area contributed by atoms with Crippen molar-refractivity contribution in [3.8, 4) is 0 Å². The van der Waals surface area contributed by atoms with Crippen LogP contribution in [0.15, 0.2) is 30.3 Å². The van der Waals surface area contributed by atoms with Gasteiger partial charge in [-0.2, -0.15) is 0 Å². The van der Waals surface area contributed by atoms with Crippen LogP contribution in [-0.2, 0) is 20.9 Å². The van der Waals surface area contributed by atoms with Gasteiger partial charge in [0, 0.05) is 12.6 Å². The van der Waals surface area contributed by atoms with Gasteiger partial charge in [-0.15, -0.1) is 0 Å². The summed E-state index contributed by atoms with van der Waals surface area (Å²) in [4.78, 5) is 37.5. The molecule has 6 heteroatoms. The van der Waals surface area contributed by atoms with Crippen molar-refractivity contribution in [3.63, 3.8) is 0 Å². The first-order valence-corrected chi connectivity index (χ1v) is 7.76. The summed E-state index contributed by atoms with van der Waals surface area (Å²) < 4.78 is 0. The van der Waals surface area contributed by atoms with Crippen molar-refractivity contribution in [2.75, 3.05) is 0 Å². The van der Waals surface area contributed by atoms with E-state index in [-0.39, 0.29) is 5.91 Å². The first-order valence-electron chi connectivity index (χ1n) is 7.76. The van der Waals surface area contributed by atoms with Crippen LogP contribution in [0.4, 0.5) is 0 Å². The molecule has 2 N–H and O–H groups in total. The molecule has 23 heavy (non-hydrogen) atoms. The van der Waals surface area contributed by atoms with Gasteiger partial charge in [0.2, 0.25) is 5.91 Å². The van der Waals surface area contributed by atoms with Crippen molar-refractivity contribution in [1.29, 1.82) is 0 Å². The molecule has 1 aromatic rings. The standard InChI is InChI=1S/C17H19NO5/c19-14(20)9-12-15(21)18(10-11-5-2-1-3-6-11)13-7-4-8-17(12,13)16(22)23/h1-3,5-6,12-13H,4,7-10H2,(H,19,20)(H,22,23)/t12-,13+,17+/m1/s1. The van der Waals surface area contributed by atoms with Crippen LogP contribution < -0.4 is 0 Å². The average Bonchev–Trinajstić information content (AvgIpc) is 3.03. The van der Waals surface area contributed by atoms with Gasteiger partial charge in [0.05, 0.1) is 12.3 Å². The normalized spacial score (nSPS) is 29.6. The van der Waals surface area contributed by atoms with Gasteiger partial charge in [0.1, 0.15) is 5.41 Å². The van der Waals surface area contributed by atoms with Gasteiger partial charge >= 0.3 is 11.9 Å². The number of fused-ring (bicyclic) bond motifs is 1. The minimum Gasteiger partial charge on any atom is -0.481 e. The number of likely N-dealkylation sites (tertiary alicyclic amines) is 1. The van der Waals surface area contributed by atoms with Gasteiger partial charge in [0.15, 0.2) is 0 Å². The fourth-order valence-electron chi connectivity index (χ4n) is 4.24. The van der Waals surface area contributed by atoms with Crippen LogP contribution in [0.5, 0.6) is 0 Å². The SMILES string of the molecule is O=C(O)C[C@@H]1C(=O)N(Cc2ccccc2)[C@H]2CCC[C@]12C(=O)O. The van der Waals surface area contributed by atoms with Crippen LogP contribution in [0.3, 0.4) is 0 Å². The van der Waals surface area contributed by atoms with E-state index in [0.29, 0.717) is 25.8 Å². The fourth-order valence-corrected chi connectivity index (χ4v) is 4.24. The van der Waals surface area contributed by atoms with Crippen LogP contribution >= 0.6 is 0 Å². The van der Waals surface area contributed by atoms with E-state index in [1.807, 2.05) is 30.3 Å². The highest BCUT2D eigenvalue weighted by Gasteiger charge is 2.65. The van der Waals surface area contributed by atoms with Gasteiger partial charge in [-0.1, -0.05) is 36.8 Å². The van der Waals surface area contributed by atoms with Gasteiger partial charge in [-0.05, 0) is 18.4 Å². The molecule has 0 unspecified atom stereocenters. The number of hydrogen-bond acceptors (Lipinski definition) is 3. The summed E-state index contributed by atoms with van der Waals surface area (Å²) in [6, 6.07) is 8.95. The largest absolute Gasteiger partial charge is 0.481 e. The molecule has 122 valence electrons. The summed E-state index contributed by atoms with van der Waals surface area (Å²) >= 11 is 0. The van der Waals surface area contributed by atoms with Crippen LogP contribution in [0.1, 0.15) is 31.2 Å². The lowest BCUT2D eigenvalue weighted by molar-refractivity contribution is -0.155. The summed E-state index contributed by atoms with van der Waals surface area (Å²) in [6.45, 7) is 0.329. The van der Waals surface area contributed by atoms with E-state index >= 15 is 0 Å². The molecule has 1 saturated carbocycles. The molecule has 3 rings (SSSR count). The van der Waals surface area contributed by atoms with E-state index in [9.17, 15) is 19.5 Å². The first-order chi connectivity index (χ1) is 11.0. The molecule has 1 amide bonds. The lowest BCUT2D eigenvalue weighted by Gasteiger charge is -2.30. The molecule has 1 heterocycles. The Labute approximate surface area is 133 Å². The molecule has 0 bridgehead atoms. The molecule has 6 nitrogen and oxygen atoms in total. The topological polar surface area (TPSA) is 94.9 Å². The molecular weight excluding hydrogens is 298 g/mol. The molecule has 3 atom stereocenters. The predicted molar refractivity (Wildman–Crippen MR) is 80.4 cm³/mol. The van der Waals surface area contributed by atoms with Gasteiger partial charge < -0.3 is 15.1 Å². The van der Waals surface area contributed by atoms with Crippen molar-refractivity contribution in [3.05, 3.63) is 35.9 Å². The van der Waals surface area contributed by atoms with Crippen LogP contribution in [0.25, 0.3) is 0 Å². The second kappa shape index (κ2) is 5.68. The van der Waals surface area contributed by atoms with Crippen LogP contribution in [0.2, 0.25) is 0 Å². The van der Waals surface area contributed by atoms with Crippen LogP contribution in [-0.4, -0.2) is 39.0 Å². The number of carboxylic acid groups (broad SMARTS) is 2. The molecular formula is C17H19NO5. The van der Waals surface area contributed by atoms with E-state index in [1.165, 1.54) is 0 Å². The van der Waals surface area contributed by atoms with Crippen LogP contribution in [0, 0.1) is 11.3 Å². The zero-order valence-electron chi connectivity index (χ0n) is 12.6. The molecule has 1 aromatic carbocycles. The zero-order chi connectivity index (χ0) is 16.6. The van der Waals surface area contributed by atoms with Crippen molar-refractivity contribution >= 4 is 17.8 Å². The van der Waals surface area contributed by atoms with E-state index < -0.39 is 35.7 Å². The Morgan fingerprint density at radius 1 is 1.22 bits per heavy atom. The number of carbonyl (C=O) groups is 3. The number of nitrogens with zero attached hydrogens (tertiary/aromatic N) is 1. The number of rotatable bonds is 5. The van der Waals surface area contributed by atoms with Crippen molar-refractivity contribution in [1.82, 2.24) is 4.90 Å². The summed E-state index contributed by atoms with van der Waals surface area (Å²) in [6.07, 6.45) is 1.25. The Morgan fingerprint density at radius 2 is 1.91 bits per heavy atom. The number of amides is 1. The molecule has 0 radical (unpaired) electrons. The lowest BCUT2D eigenvalue weighted by atomic mass is 9.72. The van der Waals surface area contributed by atoms with E-state index in [0.717, 1.165) is 5.56 Å². The smallest absolute Gasteiger partial charge is 0.312 e. The second-order valence-electron chi connectivity index (χ2n) is 6.36. The fraction of sp³-hybridized carbons (Fsp3) is 0.471. The molecule has 0 spiro atoms. The third-order valence-corrected chi connectivity index (χ3v) is 5.21. The predicted octanol–water partition coefficient (Wildman–Crippen LogP) is 1.74. The minimum absolute atomic E-state index is 0.329. The number of aliphatic carboxylic acids is 2. The maximum atomic E-state index is 12.8. The molecule has 1 aliphatic carbocycles. The second-order valence-corrected chi connectivity index (χ2v) is 6.36. The van der Waals surface area contributed by atoms with Crippen molar-refractivity contribution < 1.29 is 24.6 Å². The van der Waals surface area contributed by atoms with Gasteiger partial charge in [-0.3, -0.25) is 14.4 Å². The highest BCUT2D eigenvalue weighted by atomic mass is 16.4. The van der Waals surface area contributed by atoms with E-state index in [4.69, 9.17) is 5.11 Å². The number of carboxylic acids is 2. The summed E-state index contributed by atoms with van der Waals surface area (Å²) in [7, 11) is 0. The Balaban J connectivity index is 1.97. The Morgan fingerprint density at radius 3 is 2.52 bits per heavy atom. The Bertz CT molecular complexity index is 644. The Hall–Kier alpha value is -2.37. The molecule has 2 fully saturated rings. The van der Waals surface area contributed by atoms with Crippen molar-refractivity contribution in [2.24, 2.45) is 11.3 Å². The molecule has 0 aromatic heterocycles. The monoisotopic (exact) mass is 317 g/mol. The molecule has 1 aliphatic heterocycles. The average molecular weight is 317 g/mol.